The minimum Gasteiger partial charge on any atom is -0.390 e. The van der Waals surface area contributed by atoms with Gasteiger partial charge in [-0.1, -0.05) is 27.7 Å². The van der Waals surface area contributed by atoms with Crippen LogP contribution in [0.4, 0.5) is 0 Å². The van der Waals surface area contributed by atoms with Crippen LogP contribution in [0.25, 0.3) is 0 Å². The second-order valence-corrected chi connectivity index (χ2v) is 5.48. The number of hydrogen-bond acceptors (Lipinski definition) is 2. The first-order valence-corrected chi connectivity index (χ1v) is 5.53. The maximum Gasteiger partial charge on any atom is 0.0639 e. The third kappa shape index (κ3) is 5.61. The zero-order chi connectivity index (χ0) is 11.4. The van der Waals surface area contributed by atoms with Gasteiger partial charge in [0.1, 0.15) is 0 Å². The SMILES string of the molecule is CCC(C)(O)CCOC(C)C(C)(C)C. The average Bonchev–Trinajstić information content (AvgIpc) is 2.02. The van der Waals surface area contributed by atoms with E-state index in [1.807, 2.05) is 13.8 Å². The van der Waals surface area contributed by atoms with Gasteiger partial charge in [-0.05, 0) is 32.1 Å². The topological polar surface area (TPSA) is 29.5 Å². The molecule has 0 radical (unpaired) electrons. The zero-order valence-electron chi connectivity index (χ0n) is 10.6. The van der Waals surface area contributed by atoms with Crippen LogP contribution in [0, 0.1) is 5.41 Å². The fraction of sp³-hybridized carbons (Fsp3) is 1.00. The number of aliphatic hydroxyl groups is 1. The van der Waals surface area contributed by atoms with Crippen molar-refractivity contribution in [2.24, 2.45) is 5.41 Å². The van der Waals surface area contributed by atoms with Gasteiger partial charge < -0.3 is 9.84 Å². The maximum absolute atomic E-state index is 9.76. The number of ether oxygens (including phenoxy) is 1. The lowest BCUT2D eigenvalue weighted by Gasteiger charge is -2.29. The smallest absolute Gasteiger partial charge is 0.0639 e. The minimum atomic E-state index is -0.572. The van der Waals surface area contributed by atoms with E-state index in [2.05, 4.69) is 27.7 Å². The van der Waals surface area contributed by atoms with Crippen LogP contribution in [0.1, 0.15) is 54.4 Å². The Kier molecular flexibility index (Phi) is 5.10. The van der Waals surface area contributed by atoms with Gasteiger partial charge in [-0.2, -0.15) is 0 Å². The summed E-state index contributed by atoms with van der Waals surface area (Å²) >= 11 is 0. The molecule has 0 fully saturated rings. The normalized spacial score (nSPS) is 19.1. The first kappa shape index (κ1) is 13.9. The molecule has 0 aliphatic rings. The van der Waals surface area contributed by atoms with E-state index in [-0.39, 0.29) is 11.5 Å². The van der Waals surface area contributed by atoms with Crippen LogP contribution in [-0.2, 0) is 4.74 Å². The second kappa shape index (κ2) is 5.13. The van der Waals surface area contributed by atoms with Gasteiger partial charge in [-0.15, -0.1) is 0 Å². The van der Waals surface area contributed by atoms with Crippen molar-refractivity contribution in [3.63, 3.8) is 0 Å². The molecule has 2 nitrogen and oxygen atoms in total. The zero-order valence-corrected chi connectivity index (χ0v) is 10.6. The van der Waals surface area contributed by atoms with Gasteiger partial charge in [-0.3, -0.25) is 0 Å². The molecule has 0 aliphatic heterocycles. The Morgan fingerprint density at radius 2 is 1.71 bits per heavy atom. The number of rotatable bonds is 5. The van der Waals surface area contributed by atoms with Crippen molar-refractivity contribution in [1.29, 1.82) is 0 Å². The van der Waals surface area contributed by atoms with Crippen molar-refractivity contribution in [1.82, 2.24) is 0 Å². The predicted molar refractivity (Wildman–Crippen MR) is 60.4 cm³/mol. The first-order valence-electron chi connectivity index (χ1n) is 5.53. The van der Waals surface area contributed by atoms with Gasteiger partial charge in [0.15, 0.2) is 0 Å². The summed E-state index contributed by atoms with van der Waals surface area (Å²) in [5.74, 6) is 0. The molecule has 0 aromatic carbocycles. The fourth-order valence-electron chi connectivity index (χ4n) is 0.882. The Balaban J connectivity index is 3.75. The molecule has 86 valence electrons. The van der Waals surface area contributed by atoms with Crippen LogP contribution in [0.3, 0.4) is 0 Å². The van der Waals surface area contributed by atoms with E-state index in [1.54, 1.807) is 0 Å². The van der Waals surface area contributed by atoms with Crippen LogP contribution in [0.15, 0.2) is 0 Å². The van der Waals surface area contributed by atoms with Crippen molar-refractivity contribution in [3.8, 4) is 0 Å². The molecule has 0 amide bonds. The summed E-state index contributed by atoms with van der Waals surface area (Å²) in [6.45, 7) is 13.1. The molecule has 2 unspecified atom stereocenters. The quantitative estimate of drug-likeness (QED) is 0.742. The highest BCUT2D eigenvalue weighted by Crippen LogP contribution is 2.22. The Bertz CT molecular complexity index is 156. The van der Waals surface area contributed by atoms with Gasteiger partial charge >= 0.3 is 0 Å². The summed E-state index contributed by atoms with van der Waals surface area (Å²) in [6, 6.07) is 0. The molecule has 0 aromatic heterocycles. The summed E-state index contributed by atoms with van der Waals surface area (Å²) in [5, 5.41) is 9.76. The van der Waals surface area contributed by atoms with Crippen molar-refractivity contribution in [2.75, 3.05) is 6.61 Å². The third-order valence-corrected chi connectivity index (χ3v) is 2.99. The Labute approximate surface area is 88.7 Å². The van der Waals surface area contributed by atoms with Gasteiger partial charge in [0.2, 0.25) is 0 Å². The highest BCUT2D eigenvalue weighted by Gasteiger charge is 2.22. The van der Waals surface area contributed by atoms with Crippen molar-refractivity contribution < 1.29 is 9.84 Å². The molecule has 2 atom stereocenters. The lowest BCUT2D eigenvalue weighted by Crippen LogP contribution is -2.30. The van der Waals surface area contributed by atoms with Crippen LogP contribution in [-0.4, -0.2) is 23.4 Å². The minimum absolute atomic E-state index is 0.179. The van der Waals surface area contributed by atoms with E-state index in [1.165, 1.54) is 0 Å². The van der Waals surface area contributed by atoms with Gasteiger partial charge in [0, 0.05) is 6.61 Å². The van der Waals surface area contributed by atoms with E-state index >= 15 is 0 Å². The molecule has 0 spiro atoms. The van der Waals surface area contributed by atoms with Crippen molar-refractivity contribution >= 4 is 0 Å². The van der Waals surface area contributed by atoms with Gasteiger partial charge in [0.25, 0.3) is 0 Å². The highest BCUT2D eigenvalue weighted by molar-refractivity contribution is 4.72. The molecule has 2 heteroatoms. The molecular weight excluding hydrogens is 176 g/mol. The molecule has 0 saturated heterocycles. The summed E-state index contributed by atoms with van der Waals surface area (Å²) in [5.41, 5.74) is -0.393. The fourth-order valence-corrected chi connectivity index (χ4v) is 0.882. The molecule has 0 bridgehead atoms. The largest absolute Gasteiger partial charge is 0.390 e. The van der Waals surface area contributed by atoms with E-state index < -0.39 is 5.60 Å². The monoisotopic (exact) mass is 202 g/mol. The standard InChI is InChI=1S/C12H26O2/c1-7-12(6,13)8-9-14-10(2)11(3,4)5/h10,13H,7-9H2,1-6H3. The first-order chi connectivity index (χ1) is 6.19. The van der Waals surface area contributed by atoms with Crippen LogP contribution < -0.4 is 0 Å². The average molecular weight is 202 g/mol. The summed E-state index contributed by atoms with van der Waals surface area (Å²) < 4.78 is 5.68. The summed E-state index contributed by atoms with van der Waals surface area (Å²) in [7, 11) is 0. The van der Waals surface area contributed by atoms with Crippen LogP contribution in [0.2, 0.25) is 0 Å². The molecule has 1 N–H and O–H groups in total. The maximum atomic E-state index is 9.76. The molecule has 0 rings (SSSR count). The summed E-state index contributed by atoms with van der Waals surface area (Å²) in [6.07, 6.45) is 1.72. The Hall–Kier alpha value is -0.0800. The number of hydrogen-bond donors (Lipinski definition) is 1. The second-order valence-electron chi connectivity index (χ2n) is 5.48. The van der Waals surface area contributed by atoms with Crippen molar-refractivity contribution in [3.05, 3.63) is 0 Å². The summed E-state index contributed by atoms with van der Waals surface area (Å²) in [4.78, 5) is 0. The van der Waals surface area contributed by atoms with E-state index in [9.17, 15) is 5.11 Å². The van der Waals surface area contributed by atoms with Crippen LogP contribution in [0.5, 0.6) is 0 Å². The molecular formula is C12H26O2. The van der Waals surface area contributed by atoms with Gasteiger partial charge in [0.05, 0.1) is 11.7 Å². The highest BCUT2D eigenvalue weighted by atomic mass is 16.5. The Morgan fingerprint density at radius 3 is 2.07 bits per heavy atom. The van der Waals surface area contributed by atoms with E-state index in [0.29, 0.717) is 13.0 Å². The van der Waals surface area contributed by atoms with Crippen molar-refractivity contribution in [2.45, 2.75) is 66.1 Å². The third-order valence-electron chi connectivity index (χ3n) is 2.99. The lowest BCUT2D eigenvalue weighted by atomic mass is 9.90. The van der Waals surface area contributed by atoms with Crippen LogP contribution >= 0.6 is 0 Å². The van der Waals surface area contributed by atoms with E-state index in [0.717, 1.165) is 6.42 Å². The molecule has 14 heavy (non-hydrogen) atoms. The molecule has 0 heterocycles. The lowest BCUT2D eigenvalue weighted by molar-refractivity contribution is -0.0406. The van der Waals surface area contributed by atoms with E-state index in [4.69, 9.17) is 4.74 Å². The Morgan fingerprint density at radius 1 is 1.21 bits per heavy atom. The van der Waals surface area contributed by atoms with Gasteiger partial charge in [-0.25, -0.2) is 0 Å². The molecule has 0 aliphatic carbocycles. The predicted octanol–water partition coefficient (Wildman–Crippen LogP) is 2.99. The molecule has 0 aromatic rings. The molecule has 0 saturated carbocycles.